The first-order chi connectivity index (χ1) is 6.11. The smallest absolute Gasteiger partial charge is 0.303 e. The molecule has 0 spiro atoms. The Kier molecular flexibility index (Phi) is 3.02. The van der Waals surface area contributed by atoms with Gasteiger partial charge in [-0.25, -0.2) is 0 Å². The number of rotatable bonds is 1. The Bertz CT molecular complexity index is 392. The normalized spacial score (nSPS) is 20.1. The minimum absolute atomic E-state index is 0.0673. The van der Waals surface area contributed by atoms with Gasteiger partial charge in [-0.1, -0.05) is 12.2 Å². The van der Waals surface area contributed by atoms with E-state index in [0.717, 1.165) is 0 Å². The van der Waals surface area contributed by atoms with Crippen molar-refractivity contribution in [3.63, 3.8) is 0 Å². The van der Waals surface area contributed by atoms with Gasteiger partial charge < -0.3 is 4.74 Å². The molecule has 0 aliphatic heterocycles. The molecule has 13 heavy (non-hydrogen) atoms. The Morgan fingerprint density at radius 3 is 2.69 bits per heavy atom. The highest BCUT2D eigenvalue weighted by Gasteiger charge is 2.16. The van der Waals surface area contributed by atoms with Crippen LogP contribution in [0, 0.1) is 0 Å². The number of hydrogen-bond acceptors (Lipinski definition) is 4. The highest BCUT2D eigenvalue weighted by Crippen LogP contribution is 2.04. The lowest BCUT2D eigenvalue weighted by Crippen LogP contribution is -2.24. The van der Waals surface area contributed by atoms with Gasteiger partial charge in [0.15, 0.2) is 6.10 Å². The third-order valence-corrected chi connectivity index (χ3v) is 2.18. The van der Waals surface area contributed by atoms with E-state index in [1.807, 2.05) is 0 Å². The molecule has 1 atom stereocenters. The molecule has 0 heterocycles. The monoisotopic (exact) mass is 200 g/mol. The topological polar surface area (TPSA) is 60.4 Å². The lowest BCUT2D eigenvalue weighted by atomic mass is 10.1. The molecular formula is C8H8O4S. The fraction of sp³-hybridized carbons (Fsp3) is 0.250. The summed E-state index contributed by atoms with van der Waals surface area (Å²) in [5.74, 6) is -0.507. The van der Waals surface area contributed by atoms with Crippen LogP contribution in [-0.4, -0.2) is 25.4 Å². The summed E-state index contributed by atoms with van der Waals surface area (Å²) in [6.45, 7) is 1.23. The van der Waals surface area contributed by atoms with E-state index >= 15 is 0 Å². The van der Waals surface area contributed by atoms with Crippen molar-refractivity contribution in [1.82, 2.24) is 0 Å². The van der Waals surface area contributed by atoms with Gasteiger partial charge in [0.25, 0.3) is 0 Å². The van der Waals surface area contributed by atoms with Crippen molar-refractivity contribution >= 4 is 21.1 Å². The minimum Gasteiger partial charge on any atom is -0.452 e. The summed E-state index contributed by atoms with van der Waals surface area (Å²) >= 11 is 0. The third kappa shape index (κ3) is 2.55. The molecule has 0 N–H and O–H groups in total. The van der Waals surface area contributed by atoms with Crippen LogP contribution in [0.1, 0.15) is 6.92 Å². The van der Waals surface area contributed by atoms with E-state index in [4.69, 9.17) is 4.74 Å². The first kappa shape index (κ1) is 9.73. The molecule has 0 aromatic rings. The zero-order valence-corrected chi connectivity index (χ0v) is 7.74. The molecule has 1 unspecified atom stereocenters. The third-order valence-electron chi connectivity index (χ3n) is 1.42. The maximum absolute atomic E-state index is 10.6. The van der Waals surface area contributed by atoms with Crippen molar-refractivity contribution in [2.24, 2.45) is 0 Å². The summed E-state index contributed by atoms with van der Waals surface area (Å²) in [4.78, 5) is 10.7. The van der Waals surface area contributed by atoms with Crippen LogP contribution in [-0.2, 0) is 19.8 Å². The molecule has 1 aliphatic rings. The van der Waals surface area contributed by atoms with Crippen LogP contribution in [0.4, 0.5) is 0 Å². The van der Waals surface area contributed by atoms with Crippen LogP contribution in [0.25, 0.3) is 0 Å². The predicted molar refractivity (Wildman–Crippen MR) is 47.8 cm³/mol. The van der Waals surface area contributed by atoms with Gasteiger partial charge in [0, 0.05) is 6.92 Å². The molecule has 0 saturated heterocycles. The van der Waals surface area contributed by atoms with Crippen LogP contribution in [0.2, 0.25) is 0 Å². The second kappa shape index (κ2) is 4.04. The fourth-order valence-corrected chi connectivity index (χ4v) is 1.44. The summed E-state index contributed by atoms with van der Waals surface area (Å²) in [7, 11) is -2.35. The zero-order chi connectivity index (χ0) is 9.84. The van der Waals surface area contributed by atoms with Crippen LogP contribution < -0.4 is 0 Å². The Morgan fingerprint density at radius 2 is 2.15 bits per heavy atom. The molecule has 0 aromatic heterocycles. The van der Waals surface area contributed by atoms with Gasteiger partial charge >= 0.3 is 5.97 Å². The standard InChI is InChI=1S/C8H8O4S/c1-6(9)12-7-4-2-3-5-8(7)13(10)11/h2-5,7H,1H3. The second-order valence-electron chi connectivity index (χ2n) is 2.41. The van der Waals surface area contributed by atoms with Gasteiger partial charge in [0.2, 0.25) is 10.3 Å². The van der Waals surface area contributed by atoms with Gasteiger partial charge in [-0.05, 0) is 12.2 Å². The van der Waals surface area contributed by atoms with Crippen molar-refractivity contribution in [1.29, 1.82) is 0 Å². The summed E-state index contributed by atoms with van der Waals surface area (Å²) in [6, 6.07) is 0. The number of ether oxygens (including phenoxy) is 1. The maximum atomic E-state index is 10.6. The van der Waals surface area contributed by atoms with E-state index in [0.29, 0.717) is 0 Å². The maximum Gasteiger partial charge on any atom is 0.303 e. The van der Waals surface area contributed by atoms with Crippen LogP contribution >= 0.6 is 0 Å². The van der Waals surface area contributed by atoms with Crippen molar-refractivity contribution in [3.05, 3.63) is 24.3 Å². The molecule has 0 amide bonds. The van der Waals surface area contributed by atoms with Crippen LogP contribution in [0.15, 0.2) is 24.3 Å². The summed E-state index contributed by atoms with van der Waals surface area (Å²) in [5, 5.41) is 0. The van der Waals surface area contributed by atoms with Crippen LogP contribution in [0.5, 0.6) is 0 Å². The quantitative estimate of drug-likeness (QED) is 0.445. The van der Waals surface area contributed by atoms with Gasteiger partial charge in [-0.15, -0.1) is 0 Å². The van der Waals surface area contributed by atoms with Gasteiger partial charge in [0.1, 0.15) is 4.86 Å². The minimum atomic E-state index is -2.35. The molecule has 70 valence electrons. The SMILES string of the molecule is CC(=O)OC1C=CC=CC1=S(=O)=O. The molecule has 0 aromatic carbocycles. The Morgan fingerprint density at radius 1 is 1.46 bits per heavy atom. The van der Waals surface area contributed by atoms with E-state index in [1.54, 1.807) is 12.2 Å². The highest BCUT2D eigenvalue weighted by molar-refractivity contribution is 7.73. The molecule has 1 aliphatic carbocycles. The van der Waals surface area contributed by atoms with Crippen molar-refractivity contribution in [3.8, 4) is 0 Å². The number of carbonyl (C=O) groups is 1. The number of carbonyl (C=O) groups excluding carboxylic acids is 1. The molecule has 0 saturated carbocycles. The van der Waals surface area contributed by atoms with E-state index in [-0.39, 0.29) is 4.86 Å². The van der Waals surface area contributed by atoms with Crippen LogP contribution in [0.3, 0.4) is 0 Å². The van der Waals surface area contributed by atoms with Gasteiger partial charge in [-0.3, -0.25) is 4.79 Å². The lowest BCUT2D eigenvalue weighted by Gasteiger charge is -2.12. The van der Waals surface area contributed by atoms with Gasteiger partial charge in [0.05, 0.1) is 0 Å². The van der Waals surface area contributed by atoms with E-state index in [1.165, 1.54) is 19.1 Å². The molecule has 0 bridgehead atoms. The van der Waals surface area contributed by atoms with Crippen molar-refractivity contribution in [2.45, 2.75) is 13.0 Å². The van der Waals surface area contributed by atoms with Gasteiger partial charge in [-0.2, -0.15) is 8.42 Å². The van der Waals surface area contributed by atoms with Crippen molar-refractivity contribution in [2.75, 3.05) is 0 Å². The molecular weight excluding hydrogens is 192 g/mol. The largest absolute Gasteiger partial charge is 0.452 e. The zero-order valence-electron chi connectivity index (χ0n) is 6.93. The molecule has 0 radical (unpaired) electrons. The van der Waals surface area contributed by atoms with E-state index in [2.05, 4.69) is 0 Å². The first-order valence-corrected chi connectivity index (χ1v) is 4.67. The Balaban J connectivity index is 2.97. The summed E-state index contributed by atoms with van der Waals surface area (Å²) in [6.07, 6.45) is 5.33. The fourth-order valence-electron chi connectivity index (χ4n) is 0.932. The highest BCUT2D eigenvalue weighted by atomic mass is 32.2. The Labute approximate surface area is 77.0 Å². The first-order valence-electron chi connectivity index (χ1n) is 3.59. The molecule has 1 rings (SSSR count). The van der Waals surface area contributed by atoms with E-state index < -0.39 is 22.4 Å². The summed E-state index contributed by atoms with van der Waals surface area (Å²) in [5.41, 5.74) is 0. The average molecular weight is 200 g/mol. The second-order valence-corrected chi connectivity index (χ2v) is 3.35. The molecule has 0 fully saturated rings. The number of hydrogen-bond donors (Lipinski definition) is 0. The molecule has 4 nitrogen and oxygen atoms in total. The predicted octanol–water partition coefficient (Wildman–Crippen LogP) is 0.0956. The Hall–Kier alpha value is -1.36. The average Bonchev–Trinajstić information content (AvgIpc) is 2.03. The number of esters is 1. The summed E-state index contributed by atoms with van der Waals surface area (Å²) < 4.78 is 26.0. The van der Waals surface area contributed by atoms with Crippen molar-refractivity contribution < 1.29 is 17.9 Å². The molecule has 5 heteroatoms. The number of allylic oxidation sites excluding steroid dienone is 2. The lowest BCUT2D eigenvalue weighted by molar-refractivity contribution is -0.141. The van der Waals surface area contributed by atoms with E-state index in [9.17, 15) is 13.2 Å².